The van der Waals surface area contributed by atoms with Crippen molar-refractivity contribution < 1.29 is 3.63 Å². The molecule has 0 N–H and O–H groups in total. The minimum atomic E-state index is 0.519. The summed E-state index contributed by atoms with van der Waals surface area (Å²) in [6.45, 7) is 4.25. The van der Waals surface area contributed by atoms with Crippen molar-refractivity contribution in [1.82, 2.24) is 0 Å². The van der Waals surface area contributed by atoms with Gasteiger partial charge in [0, 0.05) is 45.2 Å². The van der Waals surface area contributed by atoms with Crippen LogP contribution in [-0.4, -0.2) is 21.2 Å². The standard InChI is InChI=1S/C6H12Br2OS2/c1-5(3-7)10-9-11-6(2)4-8/h5-6H,3-4H2,1-2H3. The lowest BCUT2D eigenvalue weighted by Gasteiger charge is -2.08. The third-order valence-corrected chi connectivity index (χ3v) is 5.26. The highest BCUT2D eigenvalue weighted by Crippen LogP contribution is 2.24. The van der Waals surface area contributed by atoms with E-state index < -0.39 is 0 Å². The Morgan fingerprint density at radius 2 is 1.45 bits per heavy atom. The van der Waals surface area contributed by atoms with Crippen LogP contribution in [0.4, 0.5) is 0 Å². The summed E-state index contributed by atoms with van der Waals surface area (Å²) in [5, 5.41) is 2.98. The molecule has 0 aromatic carbocycles. The van der Waals surface area contributed by atoms with Crippen LogP contribution in [0.5, 0.6) is 0 Å². The van der Waals surface area contributed by atoms with Crippen LogP contribution in [-0.2, 0) is 3.63 Å². The van der Waals surface area contributed by atoms with Crippen LogP contribution >= 0.6 is 55.9 Å². The van der Waals surface area contributed by atoms with Crippen molar-refractivity contribution >= 4 is 55.9 Å². The van der Waals surface area contributed by atoms with E-state index in [4.69, 9.17) is 3.63 Å². The van der Waals surface area contributed by atoms with E-state index >= 15 is 0 Å². The van der Waals surface area contributed by atoms with Crippen molar-refractivity contribution in [3.63, 3.8) is 0 Å². The maximum Gasteiger partial charge on any atom is 0.0392 e. The van der Waals surface area contributed by atoms with Crippen molar-refractivity contribution in [1.29, 1.82) is 0 Å². The molecule has 0 rings (SSSR count). The first-order valence-electron chi connectivity index (χ1n) is 3.31. The summed E-state index contributed by atoms with van der Waals surface area (Å²) < 4.78 is 5.31. The number of rotatable bonds is 6. The van der Waals surface area contributed by atoms with Gasteiger partial charge < -0.3 is 0 Å². The van der Waals surface area contributed by atoms with Gasteiger partial charge in [0.1, 0.15) is 0 Å². The second-order valence-electron chi connectivity index (χ2n) is 2.19. The molecule has 0 heterocycles. The van der Waals surface area contributed by atoms with Crippen LogP contribution in [0, 0.1) is 0 Å². The Balaban J connectivity index is 3.13. The summed E-state index contributed by atoms with van der Waals surface area (Å²) in [4.78, 5) is 0. The van der Waals surface area contributed by atoms with E-state index in [0.29, 0.717) is 10.5 Å². The minimum absolute atomic E-state index is 0.519. The van der Waals surface area contributed by atoms with Gasteiger partial charge in [0.25, 0.3) is 0 Å². The van der Waals surface area contributed by atoms with Gasteiger partial charge in [0.2, 0.25) is 0 Å². The fourth-order valence-corrected chi connectivity index (χ4v) is 2.21. The summed E-state index contributed by atoms with van der Waals surface area (Å²) in [5.74, 6) is 0. The quantitative estimate of drug-likeness (QED) is 0.542. The molecule has 5 heteroatoms. The van der Waals surface area contributed by atoms with E-state index in [2.05, 4.69) is 45.7 Å². The lowest BCUT2D eigenvalue weighted by atomic mass is 10.6. The molecule has 11 heavy (non-hydrogen) atoms. The molecular formula is C6H12Br2OS2. The highest BCUT2D eigenvalue weighted by atomic mass is 79.9. The molecule has 68 valence electrons. The Kier molecular flexibility index (Phi) is 9.44. The Morgan fingerprint density at radius 1 is 1.09 bits per heavy atom. The maximum atomic E-state index is 5.31. The molecule has 1 nitrogen and oxygen atoms in total. The van der Waals surface area contributed by atoms with Crippen LogP contribution in [0.3, 0.4) is 0 Å². The highest BCUT2D eigenvalue weighted by molar-refractivity contribution is 9.09. The molecule has 0 aromatic rings. The van der Waals surface area contributed by atoms with Gasteiger partial charge in [-0.05, 0) is 0 Å². The monoisotopic (exact) mass is 322 g/mol. The lowest BCUT2D eigenvalue weighted by molar-refractivity contribution is 0.737. The summed E-state index contributed by atoms with van der Waals surface area (Å²) in [7, 11) is 0. The van der Waals surface area contributed by atoms with Gasteiger partial charge in [-0.2, -0.15) is 0 Å². The molecule has 0 aliphatic rings. The molecule has 0 aliphatic heterocycles. The molecule has 0 aromatic heterocycles. The second kappa shape index (κ2) is 8.23. The minimum Gasteiger partial charge on any atom is -0.247 e. The molecule has 0 saturated heterocycles. The molecule has 0 spiro atoms. The Morgan fingerprint density at radius 3 is 1.73 bits per heavy atom. The van der Waals surface area contributed by atoms with Crippen molar-refractivity contribution in [2.45, 2.75) is 24.3 Å². The molecular weight excluding hydrogens is 312 g/mol. The first kappa shape index (κ1) is 12.6. The van der Waals surface area contributed by atoms with E-state index in [9.17, 15) is 0 Å². The van der Waals surface area contributed by atoms with E-state index in [0.717, 1.165) is 10.7 Å². The lowest BCUT2D eigenvalue weighted by Crippen LogP contribution is -1.99. The summed E-state index contributed by atoms with van der Waals surface area (Å²) in [6, 6.07) is 0. The van der Waals surface area contributed by atoms with Crippen LogP contribution in [0.1, 0.15) is 13.8 Å². The highest BCUT2D eigenvalue weighted by Gasteiger charge is 2.04. The topological polar surface area (TPSA) is 9.23 Å². The fraction of sp³-hybridized carbons (Fsp3) is 1.00. The normalized spacial score (nSPS) is 16.4. The zero-order chi connectivity index (χ0) is 8.69. The first-order valence-corrected chi connectivity index (χ1v) is 7.16. The third kappa shape index (κ3) is 7.96. The average Bonchev–Trinajstić information content (AvgIpc) is 2.04. The molecule has 2 unspecified atom stereocenters. The van der Waals surface area contributed by atoms with Crippen molar-refractivity contribution in [2.75, 3.05) is 10.7 Å². The molecule has 2 atom stereocenters. The van der Waals surface area contributed by atoms with E-state index in [1.54, 1.807) is 0 Å². The Labute approximate surface area is 94.1 Å². The van der Waals surface area contributed by atoms with Crippen LogP contribution < -0.4 is 0 Å². The van der Waals surface area contributed by atoms with Crippen molar-refractivity contribution in [2.24, 2.45) is 0 Å². The van der Waals surface area contributed by atoms with Crippen LogP contribution in [0.15, 0.2) is 0 Å². The fourth-order valence-electron chi connectivity index (χ4n) is 0.208. The predicted molar refractivity (Wildman–Crippen MR) is 62.8 cm³/mol. The van der Waals surface area contributed by atoms with Crippen LogP contribution in [0.25, 0.3) is 0 Å². The Hall–Kier alpha value is 1.62. The van der Waals surface area contributed by atoms with Gasteiger partial charge in [0.05, 0.1) is 0 Å². The molecule has 0 amide bonds. The maximum absolute atomic E-state index is 5.31. The summed E-state index contributed by atoms with van der Waals surface area (Å²) >= 11 is 9.79. The van der Waals surface area contributed by atoms with Gasteiger partial charge in [-0.1, -0.05) is 45.7 Å². The number of hydrogen-bond donors (Lipinski definition) is 0. The molecule has 0 aliphatic carbocycles. The zero-order valence-corrected chi connectivity index (χ0v) is 11.4. The Bertz CT molecular complexity index is 84.7. The predicted octanol–water partition coefficient (Wildman–Crippen LogP) is 3.87. The zero-order valence-electron chi connectivity index (χ0n) is 6.55. The van der Waals surface area contributed by atoms with Gasteiger partial charge in [-0.3, -0.25) is 0 Å². The largest absolute Gasteiger partial charge is 0.247 e. The average molecular weight is 324 g/mol. The number of halogens is 2. The van der Waals surface area contributed by atoms with Crippen molar-refractivity contribution in [3.05, 3.63) is 0 Å². The molecule has 0 saturated carbocycles. The SMILES string of the molecule is CC(CBr)SOSC(C)CBr. The van der Waals surface area contributed by atoms with Gasteiger partial charge >= 0.3 is 0 Å². The van der Waals surface area contributed by atoms with Crippen LogP contribution in [0.2, 0.25) is 0 Å². The van der Waals surface area contributed by atoms with Gasteiger partial charge in [-0.25, -0.2) is 3.63 Å². The number of hydrogen-bond acceptors (Lipinski definition) is 3. The summed E-state index contributed by atoms with van der Waals surface area (Å²) in [5.41, 5.74) is 0. The number of alkyl halides is 2. The third-order valence-electron chi connectivity index (χ3n) is 0.842. The van der Waals surface area contributed by atoms with Gasteiger partial charge in [-0.15, -0.1) is 0 Å². The smallest absolute Gasteiger partial charge is 0.0392 e. The van der Waals surface area contributed by atoms with E-state index in [1.165, 1.54) is 24.1 Å². The molecule has 0 fully saturated rings. The molecule has 0 radical (unpaired) electrons. The van der Waals surface area contributed by atoms with E-state index in [-0.39, 0.29) is 0 Å². The van der Waals surface area contributed by atoms with E-state index in [1.807, 2.05) is 0 Å². The summed E-state index contributed by atoms with van der Waals surface area (Å²) in [6.07, 6.45) is 0. The first-order chi connectivity index (χ1) is 5.20. The second-order valence-corrected chi connectivity index (χ2v) is 6.02. The molecule has 0 bridgehead atoms. The van der Waals surface area contributed by atoms with Crippen molar-refractivity contribution in [3.8, 4) is 0 Å². The van der Waals surface area contributed by atoms with Gasteiger partial charge in [0.15, 0.2) is 0 Å².